The van der Waals surface area contributed by atoms with Crippen molar-refractivity contribution in [2.45, 2.75) is 18.9 Å². The summed E-state index contributed by atoms with van der Waals surface area (Å²) in [7, 11) is 0. The molecule has 6 nitrogen and oxygen atoms in total. The predicted molar refractivity (Wildman–Crippen MR) is 99.4 cm³/mol. The summed E-state index contributed by atoms with van der Waals surface area (Å²) in [5.41, 5.74) is 7.79. The molecule has 26 heavy (non-hydrogen) atoms. The first-order valence-corrected chi connectivity index (χ1v) is 8.94. The van der Waals surface area contributed by atoms with Crippen LogP contribution in [0.1, 0.15) is 23.3 Å². The van der Waals surface area contributed by atoms with Crippen molar-refractivity contribution in [1.29, 1.82) is 0 Å². The van der Waals surface area contributed by atoms with E-state index in [1.165, 1.54) is 0 Å². The summed E-state index contributed by atoms with van der Waals surface area (Å²) < 4.78 is 7.22. The largest absolute Gasteiger partial charge is 0.463 e. The van der Waals surface area contributed by atoms with E-state index in [0.717, 1.165) is 18.5 Å². The van der Waals surface area contributed by atoms with Crippen molar-refractivity contribution in [3.63, 3.8) is 0 Å². The minimum Gasteiger partial charge on any atom is -0.463 e. The average molecular weight is 371 g/mol. The molecule has 1 saturated heterocycles. The summed E-state index contributed by atoms with van der Waals surface area (Å²) >= 11 is 6.13. The number of nitrogens with two attached hydrogens (primary N) is 1. The van der Waals surface area contributed by atoms with Crippen LogP contribution in [0.2, 0.25) is 5.02 Å². The number of rotatable bonds is 3. The zero-order valence-electron chi connectivity index (χ0n) is 14.1. The van der Waals surface area contributed by atoms with E-state index in [4.69, 9.17) is 21.8 Å². The molecule has 1 amide bonds. The number of piperidine rings is 1. The zero-order chi connectivity index (χ0) is 18.1. The van der Waals surface area contributed by atoms with E-state index >= 15 is 0 Å². The van der Waals surface area contributed by atoms with Gasteiger partial charge >= 0.3 is 0 Å². The average Bonchev–Trinajstić information content (AvgIpc) is 3.31. The van der Waals surface area contributed by atoms with Crippen molar-refractivity contribution in [3.8, 4) is 17.1 Å². The molecule has 0 unspecified atom stereocenters. The molecule has 0 bridgehead atoms. The quantitative estimate of drug-likeness (QED) is 0.767. The second-order valence-electron chi connectivity index (χ2n) is 6.41. The fourth-order valence-corrected chi connectivity index (χ4v) is 3.34. The molecule has 1 aliphatic heterocycles. The summed E-state index contributed by atoms with van der Waals surface area (Å²) in [5.74, 6) is 0.544. The lowest BCUT2D eigenvalue weighted by molar-refractivity contribution is 0.0708. The normalized spacial score (nSPS) is 15.4. The summed E-state index contributed by atoms with van der Waals surface area (Å²) in [4.78, 5) is 14.7. The van der Waals surface area contributed by atoms with E-state index in [1.807, 2.05) is 18.2 Å². The van der Waals surface area contributed by atoms with E-state index in [9.17, 15) is 4.79 Å². The van der Waals surface area contributed by atoms with Gasteiger partial charge in [-0.1, -0.05) is 17.7 Å². The van der Waals surface area contributed by atoms with E-state index in [-0.39, 0.29) is 11.9 Å². The lowest BCUT2D eigenvalue weighted by Crippen LogP contribution is -2.43. The van der Waals surface area contributed by atoms with Crippen LogP contribution in [-0.4, -0.2) is 39.7 Å². The maximum absolute atomic E-state index is 12.9. The molecule has 0 spiro atoms. The SMILES string of the molecule is NC1CCN(C(=O)c2cc(-c3ccco3)n(-c3cccc(Cl)c3)n2)CC1. The molecule has 134 valence electrons. The maximum Gasteiger partial charge on any atom is 0.274 e. The molecule has 1 aliphatic rings. The number of aromatic nitrogens is 2. The molecular formula is C19H19ClN4O2. The summed E-state index contributed by atoms with van der Waals surface area (Å²) in [6.07, 6.45) is 3.22. The van der Waals surface area contributed by atoms with Crippen LogP contribution in [0.25, 0.3) is 17.1 Å². The highest BCUT2D eigenvalue weighted by Crippen LogP contribution is 2.26. The number of hydrogen-bond acceptors (Lipinski definition) is 4. The topological polar surface area (TPSA) is 77.3 Å². The lowest BCUT2D eigenvalue weighted by atomic mass is 10.1. The number of hydrogen-bond donors (Lipinski definition) is 1. The number of carbonyl (C=O) groups excluding carboxylic acids is 1. The molecule has 7 heteroatoms. The molecule has 2 aromatic heterocycles. The highest BCUT2D eigenvalue weighted by molar-refractivity contribution is 6.30. The maximum atomic E-state index is 12.9. The Bertz CT molecular complexity index is 912. The molecule has 3 aromatic rings. The molecule has 2 N–H and O–H groups in total. The predicted octanol–water partition coefficient (Wildman–Crippen LogP) is 3.35. The van der Waals surface area contributed by atoms with Crippen molar-refractivity contribution in [3.05, 3.63) is 59.4 Å². The lowest BCUT2D eigenvalue weighted by Gasteiger charge is -2.29. The van der Waals surface area contributed by atoms with Gasteiger partial charge in [0.1, 0.15) is 5.69 Å². The van der Waals surface area contributed by atoms with Crippen LogP contribution in [0, 0.1) is 0 Å². The van der Waals surface area contributed by atoms with E-state index in [1.54, 1.807) is 40.1 Å². The first-order valence-electron chi connectivity index (χ1n) is 8.56. The van der Waals surface area contributed by atoms with Crippen LogP contribution >= 0.6 is 11.6 Å². The molecule has 0 atom stereocenters. The Morgan fingerprint density at radius 2 is 2.00 bits per heavy atom. The Balaban J connectivity index is 1.73. The molecule has 4 rings (SSSR count). The highest BCUT2D eigenvalue weighted by Gasteiger charge is 2.25. The minimum absolute atomic E-state index is 0.0921. The number of halogens is 1. The molecular weight excluding hydrogens is 352 g/mol. The number of carbonyl (C=O) groups is 1. The first-order chi connectivity index (χ1) is 12.6. The van der Waals surface area contributed by atoms with Crippen LogP contribution in [0.5, 0.6) is 0 Å². The van der Waals surface area contributed by atoms with Gasteiger partial charge in [-0.25, -0.2) is 4.68 Å². The highest BCUT2D eigenvalue weighted by atomic mass is 35.5. The van der Waals surface area contributed by atoms with Gasteiger partial charge in [-0.15, -0.1) is 0 Å². The summed E-state index contributed by atoms with van der Waals surface area (Å²) in [6, 6.07) is 12.9. The summed E-state index contributed by atoms with van der Waals surface area (Å²) in [6.45, 7) is 1.31. The number of benzene rings is 1. The third-order valence-corrected chi connectivity index (χ3v) is 4.82. The Hall–Kier alpha value is -2.57. The van der Waals surface area contributed by atoms with Crippen molar-refractivity contribution >= 4 is 17.5 Å². The minimum atomic E-state index is -0.0921. The van der Waals surface area contributed by atoms with E-state index in [0.29, 0.717) is 35.3 Å². The van der Waals surface area contributed by atoms with Crippen molar-refractivity contribution in [1.82, 2.24) is 14.7 Å². The van der Waals surface area contributed by atoms with Gasteiger partial charge in [-0.2, -0.15) is 5.10 Å². The molecule has 0 aliphatic carbocycles. The Kier molecular flexibility index (Phi) is 4.53. The van der Waals surface area contributed by atoms with Crippen LogP contribution in [0.4, 0.5) is 0 Å². The van der Waals surface area contributed by atoms with Gasteiger partial charge in [-0.05, 0) is 43.2 Å². The standard InChI is InChI=1S/C19H19ClN4O2/c20-13-3-1-4-15(11-13)24-17(18-5-2-10-26-18)12-16(22-24)19(25)23-8-6-14(21)7-9-23/h1-5,10-12,14H,6-9,21H2. The second-order valence-corrected chi connectivity index (χ2v) is 6.85. The van der Waals surface area contributed by atoms with E-state index < -0.39 is 0 Å². The van der Waals surface area contributed by atoms with Gasteiger partial charge in [0.2, 0.25) is 0 Å². The Morgan fingerprint density at radius 3 is 2.69 bits per heavy atom. The van der Waals surface area contributed by atoms with Gasteiger partial charge in [0.05, 0.1) is 12.0 Å². The second kappa shape index (κ2) is 6.97. The fourth-order valence-electron chi connectivity index (χ4n) is 3.15. The molecule has 1 fully saturated rings. The molecule has 0 saturated carbocycles. The third-order valence-electron chi connectivity index (χ3n) is 4.58. The van der Waals surface area contributed by atoms with E-state index in [2.05, 4.69) is 5.10 Å². The van der Waals surface area contributed by atoms with Crippen LogP contribution in [-0.2, 0) is 0 Å². The third kappa shape index (κ3) is 3.25. The Labute approximate surface area is 156 Å². The molecule has 3 heterocycles. The molecule has 0 radical (unpaired) electrons. The summed E-state index contributed by atoms with van der Waals surface area (Å²) in [5, 5.41) is 5.15. The van der Waals surface area contributed by atoms with Gasteiger partial charge in [0.15, 0.2) is 11.5 Å². The number of amides is 1. The fraction of sp³-hybridized carbons (Fsp3) is 0.263. The van der Waals surface area contributed by atoms with Crippen molar-refractivity contribution in [2.75, 3.05) is 13.1 Å². The Morgan fingerprint density at radius 1 is 1.19 bits per heavy atom. The zero-order valence-corrected chi connectivity index (χ0v) is 14.9. The number of likely N-dealkylation sites (tertiary alicyclic amines) is 1. The smallest absolute Gasteiger partial charge is 0.274 e. The number of furan rings is 1. The van der Waals surface area contributed by atoms with Crippen LogP contribution in [0.15, 0.2) is 53.1 Å². The van der Waals surface area contributed by atoms with Crippen molar-refractivity contribution in [2.24, 2.45) is 5.73 Å². The first kappa shape index (κ1) is 16.9. The van der Waals surface area contributed by atoms with Crippen LogP contribution < -0.4 is 5.73 Å². The van der Waals surface area contributed by atoms with Gasteiger partial charge < -0.3 is 15.1 Å². The van der Waals surface area contributed by atoms with Crippen molar-refractivity contribution < 1.29 is 9.21 Å². The van der Waals surface area contributed by atoms with Gasteiger partial charge in [0, 0.05) is 30.2 Å². The monoisotopic (exact) mass is 370 g/mol. The van der Waals surface area contributed by atoms with Gasteiger partial charge in [0.25, 0.3) is 5.91 Å². The van der Waals surface area contributed by atoms with Gasteiger partial charge in [-0.3, -0.25) is 4.79 Å². The molecule has 1 aromatic carbocycles. The van der Waals surface area contributed by atoms with Crippen LogP contribution in [0.3, 0.4) is 0 Å². The number of nitrogens with zero attached hydrogens (tertiary/aromatic N) is 3.